The van der Waals surface area contributed by atoms with Gasteiger partial charge in [0.05, 0.1) is 0 Å². The maximum absolute atomic E-state index is 8.14. The van der Waals surface area contributed by atoms with Gasteiger partial charge in [-0.1, -0.05) is 325 Å². The molecule has 0 nitrogen and oxygen atoms in total. The molecule has 0 heteroatoms. The number of hydrogen-bond donors (Lipinski definition) is 0. The molecular weight excluding hydrogens is 1180 g/mol. The Labute approximate surface area is 632 Å². The van der Waals surface area contributed by atoms with E-state index in [1.165, 1.54) is 75.4 Å². The molecule has 0 N–H and O–H groups in total. The highest BCUT2D eigenvalue weighted by Crippen LogP contribution is 2.37. The molecule has 98 heavy (non-hydrogen) atoms. The molecule has 1 unspecified atom stereocenters. The Kier molecular flexibility index (Phi) is 31.3. The molecule has 0 aliphatic heterocycles. The Morgan fingerprint density at radius 2 is 0.684 bits per heavy atom. The van der Waals surface area contributed by atoms with Crippen LogP contribution in [-0.4, -0.2) is 0 Å². The Morgan fingerprint density at radius 3 is 1.00 bits per heavy atom. The summed E-state index contributed by atoms with van der Waals surface area (Å²) in [5.41, 5.74) is 25.1. The molecule has 1 saturated carbocycles. The molecule has 8 aromatic carbocycles. The SMILES string of the molecule is Cc1c(C(C)C)cccc1C(C)C.Cc1ccc(C)c(C)c1.Cc1ccc(C)cc1.Cc1ccccc1C.[2H]C(C)(C)c1cccc(C([2H])(C)C([2H])([2H])[2H])c1C.[2H]C(C)(C)c1cccc(C([2H])(C)C)c1C.[2H]C([2H])(C)C(C)(C)C.[2H]C([2H])([2H])c1cc(C)cc(C)c1C.[2H]C([2H])([2H])c1cccc(C)c1C.[2H]C1(C)CCC(C)(C)CC1. The number of hydrogen-bond acceptors (Lipinski definition) is 0. The zero-order chi connectivity index (χ0) is 89.4. The van der Waals surface area contributed by atoms with E-state index in [0.29, 0.717) is 33.9 Å². The van der Waals surface area contributed by atoms with E-state index in [9.17, 15) is 0 Å². The first-order chi connectivity index (χ1) is 51.3. The highest BCUT2D eigenvalue weighted by Gasteiger charge is 2.24. The molecule has 0 spiro atoms. The van der Waals surface area contributed by atoms with Crippen molar-refractivity contribution < 1.29 is 21.9 Å². The highest BCUT2D eigenvalue weighted by atomic mass is 14.3. The second-order valence-electron chi connectivity index (χ2n) is 30.4. The van der Waals surface area contributed by atoms with Crippen molar-refractivity contribution in [2.24, 2.45) is 16.7 Å². The maximum Gasteiger partial charge on any atom is 0.0347 e. The average Bonchev–Trinajstić information content (AvgIpc) is 0.767. The van der Waals surface area contributed by atoms with E-state index in [0.717, 1.165) is 68.5 Å². The highest BCUT2D eigenvalue weighted by molar-refractivity contribution is 5.41. The Hall–Kier alpha value is -6.24. The van der Waals surface area contributed by atoms with E-state index in [1.807, 2.05) is 126 Å². The van der Waals surface area contributed by atoms with Gasteiger partial charge in [-0.15, -0.1) is 0 Å². The van der Waals surface area contributed by atoms with Gasteiger partial charge in [0.15, 0.2) is 0 Å². The standard InChI is InChI=1S/3C13H20.C10H14.C9H18.2C9H12.2C8H10.C6H14/c3*1-9(2)12-7-6-8-13(10(3)4)11(12)5;1-7-5-8(2)10(4)9(3)6-7;1-8-4-6-9(2,3)7-5-8;1-7-4-5-8(2)9(3)6-7;1-7-5-4-6-8(2)9(7)3;1-7-3-5-8(2)6-4-7;1-7-5-3-4-6-8(7)2;1-5-6(2,3)4/h3*6-10H,1-5H3;5-6H,1-4H3;8H,4-7H2,1-3H3;2*4-6H,1-3H3;2*3-6H,1-2H3;5H2,1-4H3/i1D3,9D,10D;9D,10D;;2D3;8D;;1D3;;;5D2. The van der Waals surface area contributed by atoms with Gasteiger partial charge in [-0.05, 0) is 288 Å². The van der Waals surface area contributed by atoms with Crippen LogP contribution in [0.25, 0.3) is 0 Å². The van der Waals surface area contributed by atoms with E-state index in [4.69, 9.17) is 21.9 Å². The minimum absolute atomic E-state index is 0.116. The lowest BCUT2D eigenvalue weighted by atomic mass is 9.74. The van der Waals surface area contributed by atoms with Crippen LogP contribution in [0, 0.1) is 134 Å². The zero-order valence-electron chi connectivity index (χ0n) is 84.4. The topological polar surface area (TPSA) is 0 Å². The van der Waals surface area contributed by atoms with Crippen molar-refractivity contribution in [2.75, 3.05) is 0 Å². The van der Waals surface area contributed by atoms with Crippen LogP contribution in [0.2, 0.25) is 0 Å². The minimum atomic E-state index is -2.39. The fraction of sp³-hybridized carbons (Fsp3) is 0.510. The van der Waals surface area contributed by atoms with Gasteiger partial charge >= 0.3 is 0 Å². The van der Waals surface area contributed by atoms with E-state index in [-0.39, 0.29) is 11.3 Å². The van der Waals surface area contributed by atoms with Gasteiger partial charge in [0, 0.05) is 21.9 Å². The lowest BCUT2D eigenvalue weighted by molar-refractivity contribution is 0.201. The van der Waals surface area contributed by atoms with Gasteiger partial charge in [-0.25, -0.2) is 0 Å². The maximum atomic E-state index is 8.14. The van der Waals surface area contributed by atoms with E-state index in [1.54, 1.807) is 58.0 Å². The predicted octanol–water partition coefficient (Wildman–Crippen LogP) is 31.1. The molecule has 0 bridgehead atoms. The molecule has 8 aromatic rings. The van der Waals surface area contributed by atoms with Crippen molar-refractivity contribution in [1.29, 1.82) is 0 Å². The van der Waals surface area contributed by atoms with Crippen molar-refractivity contribution in [2.45, 2.75) is 317 Å². The predicted molar refractivity (Wildman–Crippen MR) is 448 cm³/mol. The van der Waals surface area contributed by atoms with Crippen LogP contribution in [-0.2, 0) is 0 Å². The van der Waals surface area contributed by atoms with Crippen molar-refractivity contribution >= 4 is 0 Å². The van der Waals surface area contributed by atoms with Gasteiger partial charge in [0.25, 0.3) is 0 Å². The number of benzene rings is 8. The van der Waals surface area contributed by atoms with Crippen LogP contribution in [0.1, 0.15) is 349 Å². The largest absolute Gasteiger partial charge is 0.0649 e. The molecule has 0 heterocycles. The summed E-state index contributed by atoms with van der Waals surface area (Å²) in [6, 6.07) is 50.3. The van der Waals surface area contributed by atoms with Gasteiger partial charge in [-0.2, -0.15) is 0 Å². The third kappa shape index (κ3) is 36.7. The summed E-state index contributed by atoms with van der Waals surface area (Å²) in [7, 11) is 0. The first-order valence-electron chi connectivity index (χ1n) is 43.8. The molecule has 0 radical (unpaired) electrons. The van der Waals surface area contributed by atoms with Gasteiger partial charge in [0.1, 0.15) is 0 Å². The second-order valence-corrected chi connectivity index (χ2v) is 30.4. The van der Waals surface area contributed by atoms with Crippen LogP contribution in [0.3, 0.4) is 0 Å². The molecule has 1 fully saturated rings. The van der Waals surface area contributed by atoms with Crippen molar-refractivity contribution in [1.82, 2.24) is 0 Å². The molecule has 1 aliphatic rings. The third-order valence-corrected chi connectivity index (χ3v) is 18.3. The summed E-state index contributed by atoms with van der Waals surface area (Å²) in [5, 5.41) is 0. The fourth-order valence-electron chi connectivity index (χ4n) is 10.6. The molecule has 1 aliphatic carbocycles. The van der Waals surface area contributed by atoms with E-state index in [2.05, 4.69) is 189 Å². The smallest absolute Gasteiger partial charge is 0.0347 e. The number of rotatable bonds is 6. The van der Waals surface area contributed by atoms with E-state index >= 15 is 0 Å². The molecule has 542 valence electrons. The molecule has 0 amide bonds. The van der Waals surface area contributed by atoms with Gasteiger partial charge in [0.2, 0.25) is 0 Å². The summed E-state index contributed by atoms with van der Waals surface area (Å²) in [6.07, 6.45) is 3.56. The summed E-state index contributed by atoms with van der Waals surface area (Å²) in [6.45, 7) is 59.5. The summed E-state index contributed by atoms with van der Waals surface area (Å²) >= 11 is 0. The molecule has 1 atom stereocenters. The van der Waals surface area contributed by atoms with Crippen molar-refractivity contribution in [3.8, 4) is 0 Å². The molecule has 9 rings (SSSR count). The monoisotopic (exact) mass is 1340 g/mol. The minimum Gasteiger partial charge on any atom is -0.0649 e. The van der Waals surface area contributed by atoms with Crippen LogP contribution in [0.4, 0.5) is 0 Å². The average molecular weight is 1340 g/mol. The zero-order valence-corrected chi connectivity index (χ0v) is 68.4. The Morgan fingerprint density at radius 1 is 0.378 bits per heavy atom. The first kappa shape index (κ1) is 66.3. The molecule has 0 saturated heterocycles. The summed E-state index contributed by atoms with van der Waals surface area (Å²) in [5.74, 6) is -2.48. The van der Waals surface area contributed by atoms with Crippen molar-refractivity contribution in [3.63, 3.8) is 0 Å². The van der Waals surface area contributed by atoms with Crippen molar-refractivity contribution in [3.05, 3.63) is 280 Å². The summed E-state index contributed by atoms with van der Waals surface area (Å²) in [4.78, 5) is 0. The van der Waals surface area contributed by atoms with Crippen LogP contribution < -0.4 is 0 Å². The summed E-state index contributed by atoms with van der Waals surface area (Å²) < 4.78 is 121. The van der Waals surface area contributed by atoms with Gasteiger partial charge in [-0.3, -0.25) is 0 Å². The molecule has 0 aromatic heterocycles. The Balaban J connectivity index is 0.00000126. The Bertz CT molecular complexity index is 4060. The first-order valence-corrected chi connectivity index (χ1v) is 35.8. The fourth-order valence-corrected chi connectivity index (χ4v) is 10.6. The third-order valence-electron chi connectivity index (χ3n) is 18.3. The number of aryl methyl sites for hydroxylation is 12. The lowest BCUT2D eigenvalue weighted by Crippen LogP contribution is -2.19. The van der Waals surface area contributed by atoms with Crippen LogP contribution in [0.5, 0.6) is 0 Å². The lowest BCUT2D eigenvalue weighted by Gasteiger charge is -2.32. The van der Waals surface area contributed by atoms with Gasteiger partial charge < -0.3 is 0 Å². The second kappa shape index (κ2) is 46.2. The van der Waals surface area contributed by atoms with Crippen LogP contribution >= 0.6 is 0 Å². The normalized spacial score (nSPS) is 16.3. The molecular formula is C98H150. The quantitative estimate of drug-likeness (QED) is 0.156. The van der Waals surface area contributed by atoms with E-state index < -0.39 is 50.5 Å². The van der Waals surface area contributed by atoms with Crippen LogP contribution in [0.15, 0.2) is 152 Å².